The number of thiophene rings is 1. The highest BCUT2D eigenvalue weighted by atomic mass is 32.2. The molecule has 4 rings (SSSR count). The molecule has 0 bridgehead atoms. The van der Waals surface area contributed by atoms with Crippen molar-refractivity contribution in [3.05, 3.63) is 45.8 Å². The second-order valence-electron chi connectivity index (χ2n) is 5.90. The Morgan fingerprint density at radius 2 is 2.00 bits per heavy atom. The molecule has 1 heterocycles. The van der Waals surface area contributed by atoms with E-state index in [0.717, 1.165) is 37.8 Å². The van der Waals surface area contributed by atoms with Gasteiger partial charge in [-0.15, -0.1) is 15.7 Å². The van der Waals surface area contributed by atoms with Crippen LogP contribution in [0, 0.1) is 0 Å². The first-order valence-electron chi connectivity index (χ1n) is 7.60. The van der Waals surface area contributed by atoms with Crippen molar-refractivity contribution in [1.82, 2.24) is 0 Å². The second kappa shape index (κ2) is 5.43. The molecule has 2 amide bonds. The lowest BCUT2D eigenvalue weighted by Gasteiger charge is -2.25. The molecule has 2 aliphatic carbocycles. The average Bonchev–Trinajstić information content (AvgIpc) is 3.12. The van der Waals surface area contributed by atoms with Gasteiger partial charge >= 0.3 is 6.03 Å². The number of anilines is 1. The first-order valence-corrected chi connectivity index (χ1v) is 10.1. The number of fused-ring (bicyclic) bond motifs is 2. The molecule has 1 aromatic heterocycles. The molecule has 7 heteroatoms. The number of rotatable bonds is 2. The minimum atomic E-state index is -3.17. The molecule has 2 aliphatic rings. The van der Waals surface area contributed by atoms with E-state index in [0.29, 0.717) is 4.21 Å². The lowest BCUT2D eigenvalue weighted by molar-refractivity contribution is 0.260. The summed E-state index contributed by atoms with van der Waals surface area (Å²) >= 11 is 1.24. The molecule has 0 fully saturated rings. The predicted octanol–water partition coefficient (Wildman–Crippen LogP) is 3.27. The fraction of sp³-hybridized carbons (Fsp3) is 0.312. The van der Waals surface area contributed by atoms with Gasteiger partial charge in [0.25, 0.3) is 0 Å². The molecule has 1 unspecified atom stereocenters. The quantitative estimate of drug-likeness (QED) is 0.874. The first-order chi connectivity index (χ1) is 11.0. The minimum absolute atomic E-state index is 0.416. The SMILES string of the molecule is NS(=O)(=NC(=O)Nc1c2c(cc3c1CC3)CCC2)c1cccs1. The van der Waals surface area contributed by atoms with Crippen LogP contribution in [0.2, 0.25) is 0 Å². The molecular weight excluding hydrogens is 330 g/mol. The summed E-state index contributed by atoms with van der Waals surface area (Å²) in [5.74, 6) is 0. The Labute approximate surface area is 139 Å². The molecular formula is C16H17N3O2S2. The largest absolute Gasteiger partial charge is 0.354 e. The molecule has 0 radical (unpaired) electrons. The molecule has 2 aromatic rings. The Balaban J connectivity index is 1.67. The minimum Gasteiger partial charge on any atom is -0.305 e. The zero-order valence-electron chi connectivity index (χ0n) is 12.5. The van der Waals surface area contributed by atoms with E-state index >= 15 is 0 Å². The van der Waals surface area contributed by atoms with E-state index < -0.39 is 15.9 Å². The van der Waals surface area contributed by atoms with Crippen molar-refractivity contribution >= 4 is 33.0 Å². The summed E-state index contributed by atoms with van der Waals surface area (Å²) < 4.78 is 16.6. The van der Waals surface area contributed by atoms with Crippen molar-refractivity contribution in [2.75, 3.05) is 5.32 Å². The number of hydrogen-bond acceptors (Lipinski definition) is 3. The van der Waals surface area contributed by atoms with Gasteiger partial charge in [-0.05, 0) is 65.8 Å². The highest BCUT2D eigenvalue weighted by molar-refractivity contribution is 7.93. The monoisotopic (exact) mass is 347 g/mol. The van der Waals surface area contributed by atoms with Crippen LogP contribution in [-0.4, -0.2) is 10.2 Å². The molecule has 120 valence electrons. The standard InChI is InChI=1S/C16H17N3O2S2/c17-23(21,14-5-2-8-22-14)19-16(20)18-15-12-4-1-3-10(12)9-11-6-7-13(11)15/h2,5,8-9H,1,3-4,6-7H2,(H3,17,18,19,20,21). The molecule has 1 atom stereocenters. The maximum Gasteiger partial charge on any atom is 0.354 e. The van der Waals surface area contributed by atoms with Gasteiger partial charge < -0.3 is 5.32 Å². The van der Waals surface area contributed by atoms with Crippen LogP contribution in [0.3, 0.4) is 0 Å². The Kier molecular flexibility index (Phi) is 3.51. The van der Waals surface area contributed by atoms with Crippen LogP contribution in [0.5, 0.6) is 0 Å². The van der Waals surface area contributed by atoms with Gasteiger partial charge in [-0.1, -0.05) is 12.1 Å². The highest BCUT2D eigenvalue weighted by Crippen LogP contribution is 2.39. The molecule has 0 saturated carbocycles. The number of nitrogens with zero attached hydrogens (tertiary/aromatic N) is 1. The maximum absolute atomic E-state index is 12.4. The fourth-order valence-corrected chi connectivity index (χ4v) is 5.26. The lowest BCUT2D eigenvalue weighted by Crippen LogP contribution is -2.20. The second-order valence-corrected chi connectivity index (χ2v) is 8.87. The van der Waals surface area contributed by atoms with E-state index in [4.69, 9.17) is 5.14 Å². The molecule has 0 spiro atoms. The van der Waals surface area contributed by atoms with E-state index in [1.54, 1.807) is 17.5 Å². The summed E-state index contributed by atoms with van der Waals surface area (Å²) in [6, 6.07) is 5.02. The summed E-state index contributed by atoms with van der Waals surface area (Å²) in [7, 11) is -3.17. The van der Waals surface area contributed by atoms with Crippen LogP contribution in [0.4, 0.5) is 10.5 Å². The summed E-state index contributed by atoms with van der Waals surface area (Å²) in [5.41, 5.74) is 5.94. The van der Waals surface area contributed by atoms with Gasteiger partial charge in [0, 0.05) is 5.69 Å². The van der Waals surface area contributed by atoms with Crippen molar-refractivity contribution < 1.29 is 9.00 Å². The van der Waals surface area contributed by atoms with Crippen molar-refractivity contribution in [1.29, 1.82) is 0 Å². The zero-order valence-corrected chi connectivity index (χ0v) is 14.1. The number of aryl methyl sites for hydroxylation is 2. The number of nitrogens with one attached hydrogen (secondary N) is 1. The number of hydrogen-bond donors (Lipinski definition) is 2. The van der Waals surface area contributed by atoms with Crippen LogP contribution in [0.1, 0.15) is 28.7 Å². The van der Waals surface area contributed by atoms with E-state index in [1.165, 1.54) is 33.6 Å². The van der Waals surface area contributed by atoms with Gasteiger partial charge in [0.05, 0.1) is 0 Å². The normalized spacial score (nSPS) is 17.6. The number of nitrogens with two attached hydrogens (primary N) is 1. The number of amides is 2. The number of urea groups is 1. The Hall–Kier alpha value is -1.70. The van der Waals surface area contributed by atoms with Crippen LogP contribution < -0.4 is 10.5 Å². The van der Waals surface area contributed by atoms with Gasteiger partial charge in [-0.3, -0.25) is 0 Å². The van der Waals surface area contributed by atoms with E-state index in [9.17, 15) is 9.00 Å². The molecule has 3 N–H and O–H groups in total. The van der Waals surface area contributed by atoms with Crippen LogP contribution in [-0.2, 0) is 35.6 Å². The topological polar surface area (TPSA) is 84.6 Å². The first kappa shape index (κ1) is 14.9. The zero-order chi connectivity index (χ0) is 16.0. The third kappa shape index (κ3) is 2.58. The molecule has 0 saturated heterocycles. The smallest absolute Gasteiger partial charge is 0.305 e. The lowest BCUT2D eigenvalue weighted by atomic mass is 9.83. The van der Waals surface area contributed by atoms with Gasteiger partial charge in [0.15, 0.2) is 9.92 Å². The van der Waals surface area contributed by atoms with Crippen molar-refractivity contribution in [2.45, 2.75) is 36.3 Å². The van der Waals surface area contributed by atoms with Crippen LogP contribution >= 0.6 is 11.3 Å². The van der Waals surface area contributed by atoms with E-state index in [-0.39, 0.29) is 0 Å². The molecule has 5 nitrogen and oxygen atoms in total. The van der Waals surface area contributed by atoms with Gasteiger partial charge in [0.2, 0.25) is 0 Å². The predicted molar refractivity (Wildman–Crippen MR) is 92.2 cm³/mol. The fourth-order valence-electron chi connectivity index (χ4n) is 3.32. The Bertz CT molecular complexity index is 910. The van der Waals surface area contributed by atoms with E-state index in [1.807, 2.05) is 0 Å². The molecule has 23 heavy (non-hydrogen) atoms. The van der Waals surface area contributed by atoms with Crippen LogP contribution in [0.25, 0.3) is 0 Å². The number of benzene rings is 1. The average molecular weight is 347 g/mol. The Morgan fingerprint density at radius 1 is 1.22 bits per heavy atom. The number of carbonyl (C=O) groups is 1. The highest BCUT2D eigenvalue weighted by Gasteiger charge is 2.26. The maximum atomic E-state index is 12.4. The molecule has 1 aromatic carbocycles. The van der Waals surface area contributed by atoms with Crippen LogP contribution in [0.15, 0.2) is 32.2 Å². The summed E-state index contributed by atoms with van der Waals surface area (Å²) in [4.78, 5) is 12.3. The summed E-state index contributed by atoms with van der Waals surface area (Å²) in [6.07, 6.45) is 5.18. The third-order valence-electron chi connectivity index (χ3n) is 4.48. The summed E-state index contributed by atoms with van der Waals surface area (Å²) in [6.45, 7) is 0. The van der Waals surface area contributed by atoms with E-state index in [2.05, 4.69) is 15.7 Å². The van der Waals surface area contributed by atoms with Gasteiger partial charge in [0.1, 0.15) is 4.21 Å². The number of carbonyl (C=O) groups excluding carboxylic acids is 1. The van der Waals surface area contributed by atoms with Gasteiger partial charge in [-0.2, -0.15) is 0 Å². The molecule has 0 aliphatic heterocycles. The Morgan fingerprint density at radius 3 is 2.70 bits per heavy atom. The van der Waals surface area contributed by atoms with Gasteiger partial charge in [-0.25, -0.2) is 14.1 Å². The van der Waals surface area contributed by atoms with Crippen molar-refractivity contribution in [3.63, 3.8) is 0 Å². The van der Waals surface area contributed by atoms with Crippen molar-refractivity contribution in [3.8, 4) is 0 Å². The summed E-state index contributed by atoms with van der Waals surface area (Å²) in [5, 5.41) is 10.4. The van der Waals surface area contributed by atoms with Crippen molar-refractivity contribution in [2.24, 2.45) is 9.50 Å². The third-order valence-corrected chi connectivity index (χ3v) is 7.29.